The van der Waals surface area contributed by atoms with Crippen molar-refractivity contribution in [3.8, 4) is 11.5 Å². The summed E-state index contributed by atoms with van der Waals surface area (Å²) in [6, 6.07) is 10.3. The molecular formula is C17H14ClNO6. The van der Waals surface area contributed by atoms with Crippen molar-refractivity contribution in [2.24, 2.45) is 5.92 Å². The van der Waals surface area contributed by atoms with Gasteiger partial charge in [-0.25, -0.2) is 0 Å². The highest BCUT2D eigenvalue weighted by Gasteiger charge is 2.53. The molecule has 1 aliphatic heterocycles. The van der Waals surface area contributed by atoms with Gasteiger partial charge in [0.1, 0.15) is 11.5 Å². The highest BCUT2D eigenvalue weighted by atomic mass is 35.5. The molecule has 2 aromatic carbocycles. The number of hydrogen-bond donors (Lipinski definition) is 3. The fraction of sp³-hybridized carbons (Fsp3) is 0.176. The maximum absolute atomic E-state index is 12.4. The minimum atomic E-state index is -2.75. The van der Waals surface area contributed by atoms with Gasteiger partial charge in [-0.3, -0.25) is 9.59 Å². The second kappa shape index (κ2) is 6.36. The van der Waals surface area contributed by atoms with Crippen LogP contribution in [0, 0.1) is 5.92 Å². The third kappa shape index (κ3) is 3.17. The van der Waals surface area contributed by atoms with E-state index in [1.165, 1.54) is 37.4 Å². The SMILES string of the molecule is COc1ccc2c(c1)C(O)(O)C(C(=O)Nc1ccc(Cl)cc1)C(=O)O2. The van der Waals surface area contributed by atoms with Crippen LogP contribution in [0.15, 0.2) is 42.5 Å². The van der Waals surface area contributed by atoms with Crippen molar-refractivity contribution in [2.45, 2.75) is 5.79 Å². The fourth-order valence-electron chi connectivity index (χ4n) is 2.54. The second-order valence-electron chi connectivity index (χ2n) is 5.44. The van der Waals surface area contributed by atoms with Crippen LogP contribution < -0.4 is 14.8 Å². The number of fused-ring (bicyclic) bond motifs is 1. The Morgan fingerprint density at radius 1 is 1.24 bits per heavy atom. The van der Waals surface area contributed by atoms with Gasteiger partial charge in [0.2, 0.25) is 11.7 Å². The van der Waals surface area contributed by atoms with Crippen LogP contribution in [0.4, 0.5) is 5.69 Å². The van der Waals surface area contributed by atoms with Gasteiger partial charge < -0.3 is 25.0 Å². The van der Waals surface area contributed by atoms with Gasteiger partial charge in [-0.2, -0.15) is 0 Å². The third-order valence-electron chi connectivity index (χ3n) is 3.81. The zero-order chi connectivity index (χ0) is 18.2. The van der Waals surface area contributed by atoms with Crippen molar-refractivity contribution in [2.75, 3.05) is 12.4 Å². The van der Waals surface area contributed by atoms with Gasteiger partial charge >= 0.3 is 5.97 Å². The van der Waals surface area contributed by atoms with Crippen LogP contribution in [-0.2, 0) is 15.4 Å². The Labute approximate surface area is 147 Å². The van der Waals surface area contributed by atoms with E-state index in [2.05, 4.69) is 5.32 Å². The number of carbonyl (C=O) groups excluding carboxylic acids is 2. The Morgan fingerprint density at radius 3 is 2.56 bits per heavy atom. The summed E-state index contributed by atoms with van der Waals surface area (Å²) >= 11 is 5.77. The van der Waals surface area contributed by atoms with Gasteiger partial charge in [0.05, 0.1) is 12.7 Å². The molecule has 1 amide bonds. The molecule has 0 aromatic heterocycles. The highest BCUT2D eigenvalue weighted by molar-refractivity contribution is 6.30. The van der Waals surface area contributed by atoms with Crippen LogP contribution in [0.25, 0.3) is 0 Å². The molecule has 0 fully saturated rings. The van der Waals surface area contributed by atoms with E-state index in [-0.39, 0.29) is 11.3 Å². The molecule has 2 aromatic rings. The quantitative estimate of drug-likeness (QED) is 0.331. The molecule has 1 atom stereocenters. The number of halogens is 1. The van der Waals surface area contributed by atoms with Crippen molar-refractivity contribution < 1.29 is 29.3 Å². The summed E-state index contributed by atoms with van der Waals surface area (Å²) < 4.78 is 10.1. The molecule has 3 N–H and O–H groups in total. The lowest BCUT2D eigenvalue weighted by molar-refractivity contribution is -0.220. The van der Waals surface area contributed by atoms with Gasteiger partial charge in [0, 0.05) is 10.7 Å². The Bertz CT molecular complexity index is 834. The number of esters is 1. The fourth-order valence-corrected chi connectivity index (χ4v) is 2.66. The van der Waals surface area contributed by atoms with Crippen LogP contribution in [0.3, 0.4) is 0 Å². The number of ether oxygens (including phenoxy) is 2. The molecule has 1 aliphatic rings. The average molecular weight is 364 g/mol. The van der Waals surface area contributed by atoms with Crippen LogP contribution in [-0.4, -0.2) is 29.2 Å². The zero-order valence-corrected chi connectivity index (χ0v) is 13.8. The van der Waals surface area contributed by atoms with E-state index in [0.29, 0.717) is 16.5 Å². The number of carbonyl (C=O) groups is 2. The summed E-state index contributed by atoms with van der Waals surface area (Å²) in [5.41, 5.74) is 0.206. The molecule has 0 bridgehead atoms. The van der Waals surface area contributed by atoms with Crippen molar-refractivity contribution in [3.63, 3.8) is 0 Å². The molecule has 0 radical (unpaired) electrons. The standard InChI is InChI=1S/C17H14ClNO6/c1-24-11-6-7-13-12(8-11)17(22,23)14(16(21)25-13)15(20)19-10-4-2-9(18)3-5-10/h2-8,14,22-23H,1H3,(H,19,20). The maximum atomic E-state index is 12.4. The lowest BCUT2D eigenvalue weighted by Crippen LogP contribution is -2.51. The normalized spacial score (nSPS) is 18.1. The van der Waals surface area contributed by atoms with Gasteiger partial charge in [-0.15, -0.1) is 0 Å². The van der Waals surface area contributed by atoms with Crippen LogP contribution in [0.5, 0.6) is 11.5 Å². The number of hydrogen-bond acceptors (Lipinski definition) is 6. The molecule has 1 unspecified atom stereocenters. The molecule has 0 spiro atoms. The average Bonchev–Trinajstić information content (AvgIpc) is 2.56. The van der Waals surface area contributed by atoms with E-state index in [1.54, 1.807) is 12.1 Å². The first kappa shape index (κ1) is 17.2. The largest absolute Gasteiger partial charge is 0.497 e. The van der Waals surface area contributed by atoms with Crippen molar-refractivity contribution >= 4 is 29.2 Å². The van der Waals surface area contributed by atoms with Crippen LogP contribution in [0.2, 0.25) is 5.02 Å². The molecule has 3 rings (SSSR count). The summed E-state index contributed by atoms with van der Waals surface area (Å²) in [5.74, 6) is -6.36. The molecule has 0 aliphatic carbocycles. The number of methoxy groups -OCH3 is 1. The molecule has 0 saturated carbocycles. The minimum Gasteiger partial charge on any atom is -0.497 e. The number of benzene rings is 2. The van der Waals surface area contributed by atoms with Crippen LogP contribution in [0.1, 0.15) is 5.56 Å². The van der Waals surface area contributed by atoms with E-state index >= 15 is 0 Å². The lowest BCUT2D eigenvalue weighted by Gasteiger charge is -2.34. The smallest absolute Gasteiger partial charge is 0.329 e. The van der Waals surface area contributed by atoms with Crippen molar-refractivity contribution in [1.82, 2.24) is 0 Å². The number of nitrogens with one attached hydrogen (secondary N) is 1. The van der Waals surface area contributed by atoms with Crippen molar-refractivity contribution in [1.29, 1.82) is 0 Å². The first-order chi connectivity index (χ1) is 11.8. The lowest BCUT2D eigenvalue weighted by atomic mass is 9.87. The Kier molecular flexibility index (Phi) is 4.38. The van der Waals surface area contributed by atoms with E-state index in [9.17, 15) is 19.8 Å². The Hall–Kier alpha value is -2.61. The predicted molar refractivity (Wildman–Crippen MR) is 88.3 cm³/mol. The van der Waals surface area contributed by atoms with Crippen LogP contribution >= 0.6 is 11.6 Å². The molecule has 0 saturated heterocycles. The highest BCUT2D eigenvalue weighted by Crippen LogP contribution is 2.41. The van der Waals surface area contributed by atoms with Gasteiger partial charge in [-0.05, 0) is 42.5 Å². The third-order valence-corrected chi connectivity index (χ3v) is 4.06. The number of aliphatic hydroxyl groups is 2. The minimum absolute atomic E-state index is 0.0497. The Balaban J connectivity index is 1.93. The summed E-state index contributed by atoms with van der Waals surface area (Å²) in [6.07, 6.45) is 0. The number of anilines is 1. The molecule has 1 heterocycles. The summed E-state index contributed by atoms with van der Waals surface area (Å²) in [7, 11) is 1.40. The van der Waals surface area contributed by atoms with Gasteiger partial charge in [-0.1, -0.05) is 11.6 Å². The summed E-state index contributed by atoms with van der Waals surface area (Å²) in [4.78, 5) is 24.6. The topological polar surface area (TPSA) is 105 Å². The number of amides is 1. The molecular weight excluding hydrogens is 350 g/mol. The monoisotopic (exact) mass is 363 g/mol. The molecule has 8 heteroatoms. The first-order valence-corrected chi connectivity index (χ1v) is 7.62. The molecule has 7 nitrogen and oxygen atoms in total. The zero-order valence-electron chi connectivity index (χ0n) is 13.0. The summed E-state index contributed by atoms with van der Waals surface area (Å²) in [5, 5.41) is 23.9. The van der Waals surface area contributed by atoms with Gasteiger partial charge in [0.15, 0.2) is 5.92 Å². The maximum Gasteiger partial charge on any atom is 0.329 e. The first-order valence-electron chi connectivity index (χ1n) is 7.24. The number of rotatable bonds is 3. The molecule has 25 heavy (non-hydrogen) atoms. The van der Waals surface area contributed by atoms with Crippen molar-refractivity contribution in [3.05, 3.63) is 53.1 Å². The van der Waals surface area contributed by atoms with E-state index in [1.807, 2.05) is 0 Å². The predicted octanol–water partition coefficient (Wildman–Crippen LogP) is 1.66. The molecule has 130 valence electrons. The van der Waals surface area contributed by atoms with E-state index in [4.69, 9.17) is 21.1 Å². The second-order valence-corrected chi connectivity index (χ2v) is 5.87. The summed E-state index contributed by atoms with van der Waals surface area (Å²) in [6.45, 7) is 0. The van der Waals surface area contributed by atoms with E-state index < -0.39 is 23.6 Å². The van der Waals surface area contributed by atoms with Gasteiger partial charge in [0.25, 0.3) is 0 Å². The van der Waals surface area contributed by atoms with E-state index in [0.717, 1.165) is 0 Å². The Morgan fingerprint density at radius 2 is 1.92 bits per heavy atom.